The molecule has 0 saturated heterocycles. The van der Waals surface area contributed by atoms with Gasteiger partial charge in [0.15, 0.2) is 12.3 Å². The van der Waals surface area contributed by atoms with Gasteiger partial charge in [-0.2, -0.15) is 18.2 Å². The van der Waals surface area contributed by atoms with Crippen LogP contribution in [0.5, 0.6) is 5.75 Å². The third-order valence-corrected chi connectivity index (χ3v) is 5.60. The number of nitrogen functional groups attached to an aromatic ring is 1. The smallest absolute Gasteiger partial charge is 0.472 e. The third kappa shape index (κ3) is 6.80. The molecule has 1 aromatic carbocycles. The van der Waals surface area contributed by atoms with E-state index in [4.69, 9.17) is 5.73 Å². The number of benzene rings is 1. The van der Waals surface area contributed by atoms with Crippen molar-refractivity contribution in [3.05, 3.63) is 30.6 Å². The molecule has 2 heterocycles. The van der Waals surface area contributed by atoms with Gasteiger partial charge in [0.1, 0.15) is 16.3 Å². The summed E-state index contributed by atoms with van der Waals surface area (Å²) in [6.07, 6.45) is -3.13. The van der Waals surface area contributed by atoms with Crippen molar-refractivity contribution in [2.75, 3.05) is 18.9 Å². The minimum absolute atomic E-state index is 0.00596. The van der Waals surface area contributed by atoms with E-state index in [9.17, 15) is 27.7 Å². The molecule has 0 saturated carbocycles. The molecule has 1 unspecified atom stereocenters. The number of rotatable bonds is 9. The van der Waals surface area contributed by atoms with E-state index < -0.39 is 20.6 Å². The molecule has 1 atom stereocenters. The van der Waals surface area contributed by atoms with Gasteiger partial charge in [-0.25, -0.2) is 14.5 Å². The van der Waals surface area contributed by atoms with Crippen molar-refractivity contribution in [1.82, 2.24) is 19.5 Å². The van der Waals surface area contributed by atoms with E-state index in [1.54, 1.807) is 22.8 Å². The van der Waals surface area contributed by atoms with Crippen molar-refractivity contribution in [2.45, 2.75) is 29.1 Å². The fourth-order valence-electron chi connectivity index (χ4n) is 2.43. The van der Waals surface area contributed by atoms with E-state index in [2.05, 4.69) is 24.0 Å². The Morgan fingerprint density at radius 1 is 1.26 bits per heavy atom. The van der Waals surface area contributed by atoms with Gasteiger partial charge in [0, 0.05) is 11.4 Å². The third-order valence-electron chi connectivity index (χ3n) is 3.67. The standard InChI is InChI=1S/C16H17F3N5O5PS/c17-16(18,19)8-29-30(26,27)28-6-2-5-24-9-21-12-13(24)22-15(20)23-14(12)31-11-4-1-3-10(25)7-11/h1,3-4,7,9,25H,2,5-6,8H2,(H,26,27)(H2,20,22,23). The van der Waals surface area contributed by atoms with Gasteiger partial charge in [-0.1, -0.05) is 17.8 Å². The molecule has 0 amide bonds. The van der Waals surface area contributed by atoms with Gasteiger partial charge in [0.2, 0.25) is 5.95 Å². The molecule has 0 radical (unpaired) electrons. The second kappa shape index (κ2) is 9.40. The number of phosphoric acid groups is 1. The van der Waals surface area contributed by atoms with Crippen LogP contribution in [0.25, 0.3) is 11.2 Å². The van der Waals surface area contributed by atoms with Gasteiger partial charge in [-0.05, 0) is 24.6 Å². The number of aryl methyl sites for hydroxylation is 1. The van der Waals surface area contributed by atoms with E-state index >= 15 is 0 Å². The number of halogens is 3. The quantitative estimate of drug-likeness (QED) is 0.237. The molecule has 2 aromatic heterocycles. The summed E-state index contributed by atoms with van der Waals surface area (Å²) in [6, 6.07) is 6.54. The van der Waals surface area contributed by atoms with Crippen LogP contribution >= 0.6 is 19.6 Å². The summed E-state index contributed by atoms with van der Waals surface area (Å²) in [7, 11) is -4.82. The van der Waals surface area contributed by atoms with Crippen LogP contribution in [0.2, 0.25) is 0 Å². The van der Waals surface area contributed by atoms with Crippen molar-refractivity contribution in [3.8, 4) is 5.75 Å². The molecule has 0 bridgehead atoms. The maximum atomic E-state index is 12.1. The number of nitrogens with two attached hydrogens (primary N) is 1. The Hall–Kier alpha value is -2.38. The first-order valence-corrected chi connectivity index (χ1v) is 11.0. The van der Waals surface area contributed by atoms with Crippen LogP contribution < -0.4 is 5.73 Å². The fourth-order valence-corrected chi connectivity index (χ4v) is 4.11. The number of aromatic hydroxyl groups is 1. The van der Waals surface area contributed by atoms with Gasteiger partial charge in [0.05, 0.1) is 12.9 Å². The van der Waals surface area contributed by atoms with Gasteiger partial charge >= 0.3 is 14.0 Å². The Labute approximate surface area is 177 Å². The Kier molecular flexibility index (Phi) is 7.06. The van der Waals surface area contributed by atoms with Crippen LogP contribution in [0, 0.1) is 0 Å². The topological polar surface area (TPSA) is 146 Å². The van der Waals surface area contributed by atoms with E-state index in [1.807, 2.05) is 0 Å². The number of hydrogen-bond donors (Lipinski definition) is 3. The Bertz CT molecular complexity index is 1110. The lowest BCUT2D eigenvalue weighted by atomic mass is 10.3. The molecular formula is C16H17F3N5O5PS. The molecule has 4 N–H and O–H groups in total. The normalized spacial score (nSPS) is 14.1. The number of fused-ring (bicyclic) bond motifs is 1. The highest BCUT2D eigenvalue weighted by Gasteiger charge is 2.33. The first-order valence-electron chi connectivity index (χ1n) is 8.66. The molecule has 0 spiro atoms. The van der Waals surface area contributed by atoms with E-state index in [1.165, 1.54) is 24.2 Å². The second-order valence-electron chi connectivity index (χ2n) is 6.14. The lowest BCUT2D eigenvalue weighted by molar-refractivity contribution is -0.157. The molecule has 31 heavy (non-hydrogen) atoms. The van der Waals surface area contributed by atoms with Crippen LogP contribution in [-0.4, -0.2) is 48.9 Å². The molecule has 3 rings (SSSR count). The van der Waals surface area contributed by atoms with Crippen molar-refractivity contribution in [3.63, 3.8) is 0 Å². The first kappa shape index (κ1) is 23.3. The first-order chi connectivity index (χ1) is 14.5. The molecule has 0 aliphatic carbocycles. The number of alkyl halides is 3. The van der Waals surface area contributed by atoms with Gasteiger partial charge in [0.25, 0.3) is 0 Å². The van der Waals surface area contributed by atoms with E-state index in [-0.39, 0.29) is 31.3 Å². The zero-order valence-corrected chi connectivity index (χ0v) is 17.4. The summed E-state index contributed by atoms with van der Waals surface area (Å²) in [6.45, 7) is -2.00. The van der Waals surface area contributed by atoms with Crippen LogP contribution in [0.4, 0.5) is 19.1 Å². The summed E-state index contributed by atoms with van der Waals surface area (Å²) in [5.41, 5.74) is 6.64. The highest BCUT2D eigenvalue weighted by Crippen LogP contribution is 2.44. The number of imidazole rings is 1. The Balaban J connectivity index is 1.64. The lowest BCUT2D eigenvalue weighted by Gasteiger charge is -2.13. The minimum Gasteiger partial charge on any atom is -0.508 e. The van der Waals surface area contributed by atoms with Crippen LogP contribution in [0.15, 0.2) is 40.5 Å². The number of nitrogens with zero attached hydrogens (tertiary/aromatic N) is 4. The summed E-state index contributed by atoms with van der Waals surface area (Å²) >= 11 is 1.23. The largest absolute Gasteiger partial charge is 0.508 e. The van der Waals surface area contributed by atoms with E-state index in [0.717, 1.165) is 0 Å². The highest BCUT2D eigenvalue weighted by molar-refractivity contribution is 7.99. The number of phenolic OH excluding ortho intramolecular Hbond substituents is 1. The van der Waals surface area contributed by atoms with Crippen molar-refractivity contribution in [2.24, 2.45) is 0 Å². The molecule has 10 nitrogen and oxygen atoms in total. The molecule has 0 aliphatic heterocycles. The fraction of sp³-hybridized carbons (Fsp3) is 0.312. The lowest BCUT2D eigenvalue weighted by Crippen LogP contribution is -2.16. The number of aromatic nitrogens is 4. The van der Waals surface area contributed by atoms with Crippen LogP contribution in [-0.2, 0) is 20.2 Å². The second-order valence-corrected chi connectivity index (χ2v) is 8.66. The van der Waals surface area contributed by atoms with Crippen molar-refractivity contribution >= 4 is 36.7 Å². The van der Waals surface area contributed by atoms with Crippen LogP contribution in [0.3, 0.4) is 0 Å². The molecular weight excluding hydrogens is 462 g/mol. The predicted molar refractivity (Wildman–Crippen MR) is 104 cm³/mol. The monoisotopic (exact) mass is 479 g/mol. The zero-order chi connectivity index (χ0) is 22.6. The summed E-state index contributed by atoms with van der Waals surface area (Å²) in [4.78, 5) is 22.6. The van der Waals surface area contributed by atoms with Crippen molar-refractivity contribution < 1.29 is 36.8 Å². The molecule has 3 aromatic rings. The molecule has 0 fully saturated rings. The zero-order valence-electron chi connectivity index (χ0n) is 15.7. The SMILES string of the molecule is Nc1nc(Sc2cccc(O)c2)c2ncn(CCCOP(=O)(O)OCC(F)(F)F)c2n1. The van der Waals surface area contributed by atoms with E-state index in [0.29, 0.717) is 21.1 Å². The van der Waals surface area contributed by atoms with Gasteiger partial charge < -0.3 is 20.3 Å². The van der Waals surface area contributed by atoms with Gasteiger partial charge in [-0.3, -0.25) is 9.05 Å². The highest BCUT2D eigenvalue weighted by atomic mass is 32.2. The maximum Gasteiger partial charge on any atom is 0.472 e. The number of anilines is 1. The number of phenols is 1. The summed E-state index contributed by atoms with van der Waals surface area (Å²) in [5, 5.41) is 10.1. The number of hydrogen-bond acceptors (Lipinski definition) is 9. The molecule has 168 valence electrons. The summed E-state index contributed by atoms with van der Waals surface area (Å²) in [5.74, 6) is 0.0859. The van der Waals surface area contributed by atoms with Crippen molar-refractivity contribution in [1.29, 1.82) is 0 Å². The Morgan fingerprint density at radius 2 is 2.03 bits per heavy atom. The molecule has 15 heteroatoms. The molecule has 0 aliphatic rings. The maximum absolute atomic E-state index is 12.1. The van der Waals surface area contributed by atoms with Crippen LogP contribution in [0.1, 0.15) is 6.42 Å². The average molecular weight is 479 g/mol. The average Bonchev–Trinajstić information content (AvgIpc) is 3.06. The minimum atomic E-state index is -4.82. The Morgan fingerprint density at radius 3 is 2.74 bits per heavy atom. The predicted octanol–water partition coefficient (Wildman–Crippen LogP) is 3.35. The number of phosphoric ester groups is 1. The van der Waals surface area contributed by atoms with Gasteiger partial charge in [-0.15, -0.1) is 0 Å². The summed E-state index contributed by atoms with van der Waals surface area (Å²) < 4.78 is 57.7.